The minimum atomic E-state index is -0.557. The number of primary amides is 1. The van der Waals surface area contributed by atoms with Crippen LogP contribution in [0.4, 0.5) is 0 Å². The first kappa shape index (κ1) is 11.8. The van der Waals surface area contributed by atoms with Gasteiger partial charge in [0.1, 0.15) is 11.3 Å². The van der Waals surface area contributed by atoms with Gasteiger partial charge in [0, 0.05) is 9.77 Å². The molecule has 86 valence electrons. The molecule has 1 aromatic heterocycles. The van der Waals surface area contributed by atoms with Crippen molar-refractivity contribution in [3.8, 4) is 11.6 Å². The van der Waals surface area contributed by atoms with Crippen molar-refractivity contribution in [1.29, 1.82) is 0 Å². The highest BCUT2D eigenvalue weighted by Gasteiger charge is 2.10. The lowest BCUT2D eigenvalue weighted by Gasteiger charge is -2.07. The van der Waals surface area contributed by atoms with Gasteiger partial charge in [0.15, 0.2) is 0 Å². The molecule has 1 amide bonds. The molecule has 0 radical (unpaired) electrons. The molecule has 1 aromatic carbocycles. The third-order valence-corrected chi connectivity index (χ3v) is 2.72. The molecule has 0 saturated heterocycles. The lowest BCUT2D eigenvalue weighted by Crippen LogP contribution is -2.12. The number of pyridine rings is 1. The van der Waals surface area contributed by atoms with Crippen molar-refractivity contribution >= 4 is 28.5 Å². The van der Waals surface area contributed by atoms with Gasteiger partial charge in [0.25, 0.3) is 5.91 Å². The summed E-state index contributed by atoms with van der Waals surface area (Å²) in [5.74, 6) is 0.291. The number of benzene rings is 1. The maximum atomic E-state index is 11.2. The molecule has 0 saturated carbocycles. The second-order valence-electron chi connectivity index (χ2n) is 3.28. The minimum Gasteiger partial charge on any atom is -0.438 e. The van der Waals surface area contributed by atoms with Gasteiger partial charge in [-0.15, -0.1) is 0 Å². The van der Waals surface area contributed by atoms with Crippen LogP contribution in [0.25, 0.3) is 0 Å². The van der Waals surface area contributed by atoms with E-state index in [0.29, 0.717) is 5.75 Å². The van der Waals surface area contributed by atoms with E-state index >= 15 is 0 Å². The van der Waals surface area contributed by atoms with Gasteiger partial charge >= 0.3 is 0 Å². The average Bonchev–Trinajstić information content (AvgIpc) is 2.29. The monoisotopic (exact) mass is 340 g/mol. The molecule has 0 unspecified atom stereocenters. The molecule has 0 aliphatic heterocycles. The Morgan fingerprint density at radius 2 is 2.12 bits per heavy atom. The number of halogens is 1. The molecule has 5 heteroatoms. The van der Waals surface area contributed by atoms with E-state index in [1.165, 1.54) is 0 Å². The number of ether oxygens (including phenoxy) is 1. The van der Waals surface area contributed by atoms with E-state index in [0.717, 1.165) is 3.57 Å². The molecule has 0 fully saturated rings. The molecule has 2 rings (SSSR count). The molecule has 0 aliphatic carbocycles. The summed E-state index contributed by atoms with van der Waals surface area (Å²) in [5, 5.41) is 0. The van der Waals surface area contributed by atoms with Crippen LogP contribution in [0.5, 0.6) is 11.6 Å². The Balaban J connectivity index is 2.33. The summed E-state index contributed by atoms with van der Waals surface area (Å²) in [6.45, 7) is 0. The summed E-state index contributed by atoms with van der Waals surface area (Å²) in [6.07, 6.45) is 1.55. The van der Waals surface area contributed by atoms with Crippen LogP contribution in [0.1, 0.15) is 10.4 Å². The number of carbonyl (C=O) groups is 1. The summed E-state index contributed by atoms with van der Waals surface area (Å²) in [7, 11) is 0. The minimum absolute atomic E-state index is 0.224. The Morgan fingerprint density at radius 1 is 1.29 bits per heavy atom. The topological polar surface area (TPSA) is 65.2 Å². The third-order valence-electron chi connectivity index (χ3n) is 2.05. The molecule has 1 heterocycles. The lowest BCUT2D eigenvalue weighted by atomic mass is 10.2. The fraction of sp³-hybridized carbons (Fsp3) is 0. The van der Waals surface area contributed by atoms with Crippen LogP contribution in [-0.2, 0) is 0 Å². The number of hydrogen-bond donors (Lipinski definition) is 1. The van der Waals surface area contributed by atoms with Crippen LogP contribution in [0, 0.1) is 3.57 Å². The molecule has 0 aliphatic rings. The second-order valence-corrected chi connectivity index (χ2v) is 4.53. The van der Waals surface area contributed by atoms with Crippen molar-refractivity contribution in [1.82, 2.24) is 4.98 Å². The predicted molar refractivity (Wildman–Crippen MR) is 72.0 cm³/mol. The molecule has 4 nitrogen and oxygen atoms in total. The maximum absolute atomic E-state index is 11.2. The number of rotatable bonds is 3. The van der Waals surface area contributed by atoms with Crippen LogP contribution < -0.4 is 10.5 Å². The Hall–Kier alpha value is -1.63. The normalized spacial score (nSPS) is 9.94. The van der Waals surface area contributed by atoms with E-state index in [2.05, 4.69) is 27.6 Å². The zero-order chi connectivity index (χ0) is 12.3. The number of nitrogens with zero attached hydrogens (tertiary/aromatic N) is 1. The highest BCUT2D eigenvalue weighted by Crippen LogP contribution is 2.23. The maximum Gasteiger partial charge on any atom is 0.254 e. The highest BCUT2D eigenvalue weighted by atomic mass is 127. The molecular formula is C12H9IN2O2. The van der Waals surface area contributed by atoms with Gasteiger partial charge in [-0.25, -0.2) is 4.98 Å². The van der Waals surface area contributed by atoms with E-state index < -0.39 is 5.91 Å². The SMILES string of the molecule is NC(=O)c1cccnc1Oc1cccc(I)c1. The Bertz CT molecular complexity index is 558. The number of amides is 1. The zero-order valence-electron chi connectivity index (χ0n) is 8.76. The molecule has 2 N–H and O–H groups in total. The van der Waals surface area contributed by atoms with Crippen LogP contribution >= 0.6 is 22.6 Å². The van der Waals surface area contributed by atoms with Crippen molar-refractivity contribution < 1.29 is 9.53 Å². The van der Waals surface area contributed by atoms with Gasteiger partial charge in [-0.2, -0.15) is 0 Å². The van der Waals surface area contributed by atoms with Crippen molar-refractivity contribution in [3.63, 3.8) is 0 Å². The third kappa shape index (κ3) is 2.94. The van der Waals surface area contributed by atoms with Crippen molar-refractivity contribution in [2.75, 3.05) is 0 Å². The first-order chi connectivity index (χ1) is 8.16. The molecular weight excluding hydrogens is 331 g/mol. The highest BCUT2D eigenvalue weighted by molar-refractivity contribution is 14.1. The van der Waals surface area contributed by atoms with Gasteiger partial charge in [0.05, 0.1) is 0 Å². The molecule has 2 aromatic rings. The van der Waals surface area contributed by atoms with Crippen LogP contribution in [0.15, 0.2) is 42.6 Å². The second kappa shape index (κ2) is 5.13. The fourth-order valence-electron chi connectivity index (χ4n) is 1.30. The van der Waals surface area contributed by atoms with Gasteiger partial charge in [-0.05, 0) is 52.9 Å². The summed E-state index contributed by atoms with van der Waals surface area (Å²) >= 11 is 2.18. The Labute approximate surface area is 112 Å². The number of hydrogen-bond acceptors (Lipinski definition) is 3. The Kier molecular flexibility index (Phi) is 3.58. The van der Waals surface area contributed by atoms with Gasteiger partial charge < -0.3 is 10.5 Å². The van der Waals surface area contributed by atoms with E-state index in [9.17, 15) is 4.79 Å². The van der Waals surface area contributed by atoms with E-state index in [4.69, 9.17) is 10.5 Å². The summed E-state index contributed by atoms with van der Waals surface area (Å²) in [5.41, 5.74) is 5.51. The first-order valence-electron chi connectivity index (χ1n) is 4.85. The van der Waals surface area contributed by atoms with Gasteiger partial charge in [-0.3, -0.25) is 4.79 Å². The van der Waals surface area contributed by atoms with Crippen molar-refractivity contribution in [2.24, 2.45) is 5.73 Å². The smallest absolute Gasteiger partial charge is 0.254 e. The lowest BCUT2D eigenvalue weighted by molar-refractivity contribution is 0.0997. The summed E-state index contributed by atoms with van der Waals surface area (Å²) in [6, 6.07) is 10.7. The van der Waals surface area contributed by atoms with E-state index in [-0.39, 0.29) is 11.4 Å². The average molecular weight is 340 g/mol. The van der Waals surface area contributed by atoms with Gasteiger partial charge in [-0.1, -0.05) is 6.07 Å². The quantitative estimate of drug-likeness (QED) is 0.874. The van der Waals surface area contributed by atoms with Crippen LogP contribution in [-0.4, -0.2) is 10.9 Å². The van der Waals surface area contributed by atoms with E-state index in [1.807, 2.05) is 18.2 Å². The van der Waals surface area contributed by atoms with Crippen molar-refractivity contribution in [3.05, 3.63) is 51.7 Å². The molecule has 0 spiro atoms. The Morgan fingerprint density at radius 3 is 2.82 bits per heavy atom. The summed E-state index contributed by atoms with van der Waals surface area (Å²) in [4.78, 5) is 15.2. The number of aromatic nitrogens is 1. The van der Waals surface area contributed by atoms with E-state index in [1.54, 1.807) is 24.4 Å². The standard InChI is InChI=1S/C12H9IN2O2/c13-8-3-1-4-9(7-8)17-12-10(11(14)16)5-2-6-15-12/h1-7H,(H2,14,16). The predicted octanol–water partition coefficient (Wildman–Crippen LogP) is 2.58. The van der Waals surface area contributed by atoms with Crippen molar-refractivity contribution in [2.45, 2.75) is 0 Å². The molecule has 0 atom stereocenters. The first-order valence-corrected chi connectivity index (χ1v) is 5.93. The van der Waals surface area contributed by atoms with Crippen LogP contribution in [0.3, 0.4) is 0 Å². The van der Waals surface area contributed by atoms with Gasteiger partial charge in [0.2, 0.25) is 5.88 Å². The summed E-state index contributed by atoms with van der Waals surface area (Å²) < 4.78 is 6.57. The number of nitrogens with two attached hydrogens (primary N) is 1. The number of carbonyl (C=O) groups excluding carboxylic acids is 1. The fourth-order valence-corrected chi connectivity index (χ4v) is 1.82. The largest absolute Gasteiger partial charge is 0.438 e. The molecule has 17 heavy (non-hydrogen) atoms. The molecule has 0 bridgehead atoms. The van der Waals surface area contributed by atoms with Crippen LogP contribution in [0.2, 0.25) is 0 Å². The zero-order valence-corrected chi connectivity index (χ0v) is 10.9.